The van der Waals surface area contributed by atoms with Crippen LogP contribution in [-0.2, 0) is 4.79 Å². The Morgan fingerprint density at radius 1 is 0.957 bits per heavy atom. The van der Waals surface area contributed by atoms with E-state index in [9.17, 15) is 4.79 Å². The third-order valence-electron chi connectivity index (χ3n) is 3.30. The van der Waals surface area contributed by atoms with E-state index in [0.717, 1.165) is 22.8 Å². The van der Waals surface area contributed by atoms with Crippen molar-refractivity contribution < 1.29 is 24.1 Å². The number of carboxylic acid groups (broad SMARTS) is 1. The molecule has 0 bridgehead atoms. The molecule has 23 heavy (non-hydrogen) atoms. The maximum absolute atomic E-state index is 10.6. The second-order valence-electron chi connectivity index (χ2n) is 4.71. The Morgan fingerprint density at radius 2 is 1.61 bits per heavy atom. The van der Waals surface area contributed by atoms with Crippen LogP contribution in [-0.4, -0.2) is 32.4 Å². The Morgan fingerprint density at radius 3 is 2.13 bits per heavy atom. The van der Waals surface area contributed by atoms with Crippen molar-refractivity contribution in [2.75, 3.05) is 21.3 Å². The minimum Gasteiger partial charge on any atom is -0.493 e. The molecule has 0 atom stereocenters. The van der Waals surface area contributed by atoms with Gasteiger partial charge in [0.25, 0.3) is 0 Å². The lowest BCUT2D eigenvalue weighted by Crippen LogP contribution is -1.95. The van der Waals surface area contributed by atoms with Crippen LogP contribution in [0, 0.1) is 0 Å². The SMILES string of the molecule is COc1cc(-c2cccc(C=CC(=O)O)c2)cc(OC)c1OC. The van der Waals surface area contributed by atoms with Crippen molar-refractivity contribution in [2.45, 2.75) is 0 Å². The van der Waals surface area contributed by atoms with Gasteiger partial charge in [0.15, 0.2) is 11.5 Å². The van der Waals surface area contributed by atoms with E-state index in [-0.39, 0.29) is 0 Å². The highest BCUT2D eigenvalue weighted by atomic mass is 16.5. The molecule has 0 aliphatic carbocycles. The number of ether oxygens (including phenoxy) is 3. The first-order valence-corrected chi connectivity index (χ1v) is 6.90. The highest BCUT2D eigenvalue weighted by Crippen LogP contribution is 2.41. The predicted octanol–water partition coefficient (Wildman–Crippen LogP) is 3.48. The predicted molar refractivity (Wildman–Crippen MR) is 88.2 cm³/mol. The zero-order valence-corrected chi connectivity index (χ0v) is 13.2. The van der Waals surface area contributed by atoms with Crippen LogP contribution in [0.3, 0.4) is 0 Å². The van der Waals surface area contributed by atoms with Gasteiger partial charge in [-0.2, -0.15) is 0 Å². The molecule has 5 nitrogen and oxygen atoms in total. The Bertz CT molecular complexity index is 709. The summed E-state index contributed by atoms with van der Waals surface area (Å²) >= 11 is 0. The van der Waals surface area contributed by atoms with Gasteiger partial charge in [0, 0.05) is 6.08 Å². The average Bonchev–Trinajstić information content (AvgIpc) is 2.58. The number of benzene rings is 2. The lowest BCUT2D eigenvalue weighted by atomic mass is 10.0. The number of aliphatic carboxylic acids is 1. The maximum atomic E-state index is 10.6. The lowest BCUT2D eigenvalue weighted by molar-refractivity contribution is -0.131. The number of carboxylic acids is 1. The molecule has 2 rings (SSSR count). The average molecular weight is 314 g/mol. The van der Waals surface area contributed by atoms with E-state index in [2.05, 4.69) is 0 Å². The summed E-state index contributed by atoms with van der Waals surface area (Å²) in [6, 6.07) is 11.2. The van der Waals surface area contributed by atoms with E-state index in [0.29, 0.717) is 17.2 Å². The van der Waals surface area contributed by atoms with E-state index in [1.165, 1.54) is 0 Å². The summed E-state index contributed by atoms with van der Waals surface area (Å²) in [6.45, 7) is 0. The van der Waals surface area contributed by atoms with Crippen LogP contribution in [0.2, 0.25) is 0 Å². The zero-order valence-electron chi connectivity index (χ0n) is 13.2. The van der Waals surface area contributed by atoms with Gasteiger partial charge < -0.3 is 19.3 Å². The minimum atomic E-state index is -0.983. The third-order valence-corrected chi connectivity index (χ3v) is 3.30. The summed E-state index contributed by atoms with van der Waals surface area (Å²) in [7, 11) is 4.68. The standard InChI is InChI=1S/C18H18O5/c1-21-15-10-14(11-16(22-2)18(15)23-3)13-6-4-5-12(9-13)7-8-17(19)20/h4-11H,1-3H3,(H,19,20). The Balaban J connectivity index is 2.49. The summed E-state index contributed by atoms with van der Waals surface area (Å²) < 4.78 is 16.0. The number of hydrogen-bond acceptors (Lipinski definition) is 4. The van der Waals surface area contributed by atoms with Gasteiger partial charge in [0.1, 0.15) is 0 Å². The molecule has 0 aromatic heterocycles. The topological polar surface area (TPSA) is 65.0 Å². The van der Waals surface area contributed by atoms with Crippen molar-refractivity contribution in [3.63, 3.8) is 0 Å². The van der Waals surface area contributed by atoms with Gasteiger partial charge in [-0.05, 0) is 41.0 Å². The number of carbonyl (C=O) groups is 1. The number of methoxy groups -OCH3 is 3. The molecule has 120 valence electrons. The molecule has 0 saturated carbocycles. The smallest absolute Gasteiger partial charge is 0.328 e. The Labute approximate surface area is 134 Å². The summed E-state index contributed by atoms with van der Waals surface area (Å²) in [4.78, 5) is 10.6. The zero-order chi connectivity index (χ0) is 16.8. The van der Waals surface area contributed by atoms with Crippen molar-refractivity contribution in [1.29, 1.82) is 0 Å². The molecule has 0 spiro atoms. The summed E-state index contributed by atoms with van der Waals surface area (Å²) in [5.74, 6) is 0.672. The fourth-order valence-electron chi connectivity index (χ4n) is 2.24. The van der Waals surface area contributed by atoms with Gasteiger partial charge in [-0.1, -0.05) is 18.2 Å². The molecule has 0 amide bonds. The molecule has 0 aliphatic rings. The molecule has 0 unspecified atom stereocenters. The fraction of sp³-hybridized carbons (Fsp3) is 0.167. The third kappa shape index (κ3) is 3.83. The minimum absolute atomic E-state index is 0.528. The molecule has 0 radical (unpaired) electrons. The highest BCUT2D eigenvalue weighted by Gasteiger charge is 2.14. The molecule has 0 aliphatic heterocycles. The van der Waals surface area contributed by atoms with Crippen molar-refractivity contribution in [3.8, 4) is 28.4 Å². The molecule has 1 N–H and O–H groups in total. The van der Waals surface area contributed by atoms with E-state index in [1.807, 2.05) is 36.4 Å². The van der Waals surface area contributed by atoms with Crippen LogP contribution in [0.1, 0.15) is 5.56 Å². The van der Waals surface area contributed by atoms with E-state index in [1.54, 1.807) is 27.4 Å². The van der Waals surface area contributed by atoms with E-state index < -0.39 is 5.97 Å². The molecule has 5 heteroatoms. The highest BCUT2D eigenvalue weighted by molar-refractivity contribution is 5.85. The fourth-order valence-corrected chi connectivity index (χ4v) is 2.24. The van der Waals surface area contributed by atoms with Crippen LogP contribution in [0.15, 0.2) is 42.5 Å². The van der Waals surface area contributed by atoms with Crippen LogP contribution in [0.5, 0.6) is 17.2 Å². The first-order valence-electron chi connectivity index (χ1n) is 6.90. The monoisotopic (exact) mass is 314 g/mol. The van der Waals surface area contributed by atoms with Crippen LogP contribution >= 0.6 is 0 Å². The Hall–Kier alpha value is -2.95. The van der Waals surface area contributed by atoms with Crippen molar-refractivity contribution >= 4 is 12.0 Å². The second-order valence-corrected chi connectivity index (χ2v) is 4.71. The van der Waals surface area contributed by atoms with Gasteiger partial charge in [0.2, 0.25) is 5.75 Å². The van der Waals surface area contributed by atoms with Crippen molar-refractivity contribution in [2.24, 2.45) is 0 Å². The molecule has 0 saturated heterocycles. The lowest BCUT2D eigenvalue weighted by Gasteiger charge is -2.14. The van der Waals surface area contributed by atoms with Gasteiger partial charge in [-0.15, -0.1) is 0 Å². The molecule has 0 heterocycles. The first-order chi connectivity index (χ1) is 11.1. The van der Waals surface area contributed by atoms with Gasteiger partial charge in [-0.3, -0.25) is 0 Å². The normalized spacial score (nSPS) is 10.6. The Kier molecular flexibility index (Phi) is 5.25. The summed E-state index contributed by atoms with van der Waals surface area (Å²) in [5, 5.41) is 8.72. The quantitative estimate of drug-likeness (QED) is 0.827. The summed E-state index contributed by atoms with van der Waals surface area (Å²) in [6.07, 6.45) is 2.65. The van der Waals surface area contributed by atoms with Gasteiger partial charge in [-0.25, -0.2) is 4.79 Å². The number of hydrogen-bond donors (Lipinski definition) is 1. The van der Waals surface area contributed by atoms with Crippen LogP contribution < -0.4 is 14.2 Å². The van der Waals surface area contributed by atoms with Gasteiger partial charge in [0.05, 0.1) is 21.3 Å². The molecular formula is C18H18O5. The largest absolute Gasteiger partial charge is 0.493 e. The summed E-state index contributed by atoms with van der Waals surface area (Å²) in [5.41, 5.74) is 2.58. The van der Waals surface area contributed by atoms with E-state index in [4.69, 9.17) is 19.3 Å². The van der Waals surface area contributed by atoms with E-state index >= 15 is 0 Å². The van der Waals surface area contributed by atoms with Crippen molar-refractivity contribution in [3.05, 3.63) is 48.0 Å². The van der Waals surface area contributed by atoms with Crippen LogP contribution in [0.4, 0.5) is 0 Å². The van der Waals surface area contributed by atoms with Crippen LogP contribution in [0.25, 0.3) is 17.2 Å². The molecular weight excluding hydrogens is 296 g/mol. The second kappa shape index (κ2) is 7.35. The maximum Gasteiger partial charge on any atom is 0.328 e. The van der Waals surface area contributed by atoms with Crippen molar-refractivity contribution in [1.82, 2.24) is 0 Å². The number of rotatable bonds is 6. The first kappa shape index (κ1) is 16.4. The molecule has 2 aromatic rings. The van der Waals surface area contributed by atoms with Gasteiger partial charge >= 0.3 is 5.97 Å². The molecule has 0 fully saturated rings. The molecule has 2 aromatic carbocycles.